The number of nitrogens with zero attached hydrogens (tertiary/aromatic N) is 1. The highest BCUT2D eigenvalue weighted by Crippen LogP contribution is 2.62. The molecule has 1 aromatic heterocycles. The third-order valence-corrected chi connectivity index (χ3v) is 9.22. The van der Waals surface area contributed by atoms with Crippen LogP contribution in [0.1, 0.15) is 67.4 Å². The first-order valence-corrected chi connectivity index (χ1v) is 12.6. The molecule has 0 spiro atoms. The predicted octanol–water partition coefficient (Wildman–Crippen LogP) is 5.53. The van der Waals surface area contributed by atoms with E-state index < -0.39 is 0 Å². The molecule has 170 valence electrons. The van der Waals surface area contributed by atoms with E-state index in [2.05, 4.69) is 35.4 Å². The number of carbonyl (C=O) groups is 2. The molecule has 2 aromatic rings. The van der Waals surface area contributed by atoms with Crippen molar-refractivity contribution in [3.8, 4) is 5.75 Å². The van der Waals surface area contributed by atoms with Crippen LogP contribution in [0.5, 0.6) is 5.75 Å². The van der Waals surface area contributed by atoms with E-state index in [0.717, 1.165) is 42.7 Å². The summed E-state index contributed by atoms with van der Waals surface area (Å²) in [4.78, 5) is 31.0. The van der Waals surface area contributed by atoms with Crippen molar-refractivity contribution in [2.45, 2.75) is 64.7 Å². The molecule has 1 heterocycles. The fraction of sp³-hybridized carbons (Fsp3) is 0.577. The van der Waals surface area contributed by atoms with Gasteiger partial charge in [-0.25, -0.2) is 4.98 Å². The number of amides is 1. The molecule has 1 aromatic carbocycles. The lowest BCUT2D eigenvalue weighted by Gasteiger charge is -2.50. The Labute approximate surface area is 194 Å². The fourth-order valence-corrected chi connectivity index (χ4v) is 7.60. The lowest BCUT2D eigenvalue weighted by molar-refractivity contribution is -0.129. The van der Waals surface area contributed by atoms with Crippen LogP contribution in [-0.2, 0) is 16.0 Å². The first-order valence-electron chi connectivity index (χ1n) is 11.8. The zero-order valence-corrected chi connectivity index (χ0v) is 20.0. The van der Waals surface area contributed by atoms with Gasteiger partial charge in [0, 0.05) is 29.3 Å². The van der Waals surface area contributed by atoms with Crippen LogP contribution in [0.4, 0.5) is 5.13 Å². The van der Waals surface area contributed by atoms with Gasteiger partial charge in [0.15, 0.2) is 5.13 Å². The van der Waals surface area contributed by atoms with Gasteiger partial charge in [-0.2, -0.15) is 0 Å². The lowest BCUT2D eigenvalue weighted by Crippen LogP contribution is -2.44. The number of thiazole rings is 1. The lowest BCUT2D eigenvalue weighted by atomic mass is 9.54. The molecule has 6 heteroatoms. The fourth-order valence-electron chi connectivity index (χ4n) is 6.92. The van der Waals surface area contributed by atoms with Crippen LogP contribution in [0.25, 0.3) is 0 Å². The normalized spacial score (nSPS) is 30.9. The number of hydrogen-bond donors (Lipinski definition) is 1. The minimum Gasteiger partial charge on any atom is -0.497 e. The summed E-state index contributed by atoms with van der Waals surface area (Å²) < 4.78 is 5.44. The second-order valence-electron chi connectivity index (χ2n) is 10.1. The number of hydrogen-bond acceptors (Lipinski definition) is 5. The Kier molecular flexibility index (Phi) is 5.60. The zero-order chi connectivity index (χ0) is 22.5. The first kappa shape index (κ1) is 21.6. The van der Waals surface area contributed by atoms with Crippen LogP contribution in [0.3, 0.4) is 0 Å². The van der Waals surface area contributed by atoms with E-state index in [4.69, 9.17) is 4.74 Å². The van der Waals surface area contributed by atoms with Crippen LogP contribution in [0.15, 0.2) is 24.4 Å². The molecule has 2 fully saturated rings. The minimum absolute atomic E-state index is 0.00819. The maximum absolute atomic E-state index is 13.2. The van der Waals surface area contributed by atoms with Crippen LogP contribution < -0.4 is 10.1 Å². The van der Waals surface area contributed by atoms with E-state index in [1.54, 1.807) is 13.3 Å². The standard InChI is InChI=1S/C26H32N2O3S/c1-15-14-27-25(32-15)28-23(30)9-5-17-13-22(29)26(2)11-10-20-19-8-6-18(31-3)12-16(19)4-7-21(20)24(17)26/h6,8,12,14,17,20-21,24H,4-5,7,9-11,13H2,1-3H3,(H,27,28,30)/t17?,20-,21-,24+,26-/m1/s1. The summed E-state index contributed by atoms with van der Waals surface area (Å²) in [7, 11) is 1.72. The number of aryl methyl sites for hydroxylation is 2. The van der Waals surface area contributed by atoms with Gasteiger partial charge in [-0.1, -0.05) is 13.0 Å². The van der Waals surface area contributed by atoms with Crippen molar-refractivity contribution in [2.24, 2.45) is 23.2 Å². The van der Waals surface area contributed by atoms with Gasteiger partial charge in [0.1, 0.15) is 11.5 Å². The number of ketones is 1. The molecule has 0 saturated heterocycles. The van der Waals surface area contributed by atoms with Crippen molar-refractivity contribution in [3.05, 3.63) is 40.4 Å². The van der Waals surface area contributed by atoms with Gasteiger partial charge in [-0.05, 0) is 86.0 Å². The molecule has 3 aliphatic carbocycles. The summed E-state index contributed by atoms with van der Waals surface area (Å²) in [5, 5.41) is 3.60. The Morgan fingerprint density at radius 2 is 2.19 bits per heavy atom. The molecule has 0 aliphatic heterocycles. The van der Waals surface area contributed by atoms with E-state index in [9.17, 15) is 9.59 Å². The van der Waals surface area contributed by atoms with Gasteiger partial charge >= 0.3 is 0 Å². The van der Waals surface area contributed by atoms with Crippen molar-refractivity contribution in [1.82, 2.24) is 4.98 Å². The predicted molar refractivity (Wildman–Crippen MR) is 126 cm³/mol. The SMILES string of the molecule is COc1ccc2c(c1)CC[C@@H]1[C@@H]2CC[C@]2(C)C(=O)CC(CCC(=O)Nc3ncc(C)s3)[C@@H]12. The van der Waals surface area contributed by atoms with Crippen LogP contribution in [0, 0.1) is 30.1 Å². The van der Waals surface area contributed by atoms with Crippen LogP contribution in [0.2, 0.25) is 0 Å². The maximum atomic E-state index is 13.2. The second-order valence-corrected chi connectivity index (χ2v) is 11.3. The number of benzene rings is 1. The van der Waals surface area contributed by atoms with Crippen molar-refractivity contribution in [1.29, 1.82) is 0 Å². The smallest absolute Gasteiger partial charge is 0.226 e. The number of aromatic nitrogens is 1. The highest BCUT2D eigenvalue weighted by Gasteiger charge is 2.58. The van der Waals surface area contributed by atoms with E-state index in [-0.39, 0.29) is 11.3 Å². The molecule has 1 amide bonds. The topological polar surface area (TPSA) is 68.3 Å². The molecule has 0 bridgehead atoms. The molecule has 1 unspecified atom stereocenters. The third kappa shape index (κ3) is 3.66. The molecule has 5 atom stereocenters. The average Bonchev–Trinajstić information content (AvgIpc) is 3.31. The van der Waals surface area contributed by atoms with Gasteiger partial charge in [0.2, 0.25) is 5.91 Å². The monoisotopic (exact) mass is 452 g/mol. The Morgan fingerprint density at radius 3 is 2.94 bits per heavy atom. The summed E-state index contributed by atoms with van der Waals surface area (Å²) in [5.74, 6) is 3.07. The highest BCUT2D eigenvalue weighted by molar-refractivity contribution is 7.15. The van der Waals surface area contributed by atoms with E-state index in [0.29, 0.717) is 47.4 Å². The van der Waals surface area contributed by atoms with E-state index in [1.807, 2.05) is 6.92 Å². The van der Waals surface area contributed by atoms with Gasteiger partial charge < -0.3 is 10.1 Å². The molecule has 3 aliphatic rings. The quantitative estimate of drug-likeness (QED) is 0.648. The summed E-state index contributed by atoms with van der Waals surface area (Å²) >= 11 is 1.50. The number of fused-ring (bicyclic) bond motifs is 5. The zero-order valence-electron chi connectivity index (χ0n) is 19.1. The van der Waals surface area contributed by atoms with Gasteiger partial charge in [0.25, 0.3) is 0 Å². The van der Waals surface area contributed by atoms with Crippen LogP contribution in [-0.4, -0.2) is 23.8 Å². The molecule has 2 saturated carbocycles. The summed E-state index contributed by atoms with van der Waals surface area (Å²) in [6.45, 7) is 4.19. The highest BCUT2D eigenvalue weighted by atomic mass is 32.1. The number of methoxy groups -OCH3 is 1. The summed E-state index contributed by atoms with van der Waals surface area (Å²) in [6.07, 6.45) is 7.85. The van der Waals surface area contributed by atoms with Gasteiger partial charge in [0.05, 0.1) is 7.11 Å². The molecule has 5 rings (SSSR count). The number of Topliss-reactive ketones (excluding diaryl/α,β-unsaturated/α-hetero) is 1. The van der Waals surface area contributed by atoms with Gasteiger partial charge in [-0.3, -0.25) is 9.59 Å². The second kappa shape index (κ2) is 8.29. The van der Waals surface area contributed by atoms with Crippen molar-refractivity contribution < 1.29 is 14.3 Å². The molecule has 0 radical (unpaired) electrons. The van der Waals surface area contributed by atoms with E-state index in [1.165, 1.54) is 22.5 Å². The Bertz CT molecular complexity index is 1050. The third-order valence-electron chi connectivity index (χ3n) is 8.39. The van der Waals surface area contributed by atoms with E-state index >= 15 is 0 Å². The maximum Gasteiger partial charge on any atom is 0.226 e. The Hall–Kier alpha value is -2.21. The van der Waals surface area contributed by atoms with Gasteiger partial charge in [-0.15, -0.1) is 11.3 Å². The molecule has 5 nitrogen and oxygen atoms in total. The molecule has 1 N–H and O–H groups in total. The first-order chi connectivity index (χ1) is 15.4. The molecule has 32 heavy (non-hydrogen) atoms. The summed E-state index contributed by atoms with van der Waals surface area (Å²) in [6, 6.07) is 6.53. The van der Waals surface area contributed by atoms with Crippen molar-refractivity contribution in [2.75, 3.05) is 12.4 Å². The number of nitrogens with one attached hydrogen (secondary N) is 1. The van der Waals surface area contributed by atoms with Crippen LogP contribution >= 0.6 is 11.3 Å². The number of ether oxygens (including phenoxy) is 1. The Balaban J connectivity index is 1.33. The largest absolute Gasteiger partial charge is 0.497 e. The van der Waals surface area contributed by atoms with Crippen molar-refractivity contribution >= 4 is 28.2 Å². The Morgan fingerprint density at radius 1 is 1.34 bits per heavy atom. The number of rotatable bonds is 5. The minimum atomic E-state index is -0.224. The molecular formula is C26H32N2O3S. The summed E-state index contributed by atoms with van der Waals surface area (Å²) in [5.41, 5.74) is 2.64. The van der Waals surface area contributed by atoms with Crippen molar-refractivity contribution in [3.63, 3.8) is 0 Å². The number of anilines is 1. The molecular weight excluding hydrogens is 420 g/mol. The average molecular weight is 453 g/mol. The number of carbonyl (C=O) groups excluding carboxylic acids is 2.